The second-order valence-electron chi connectivity index (χ2n) is 3.40. The molecule has 1 aromatic carbocycles. The highest BCUT2D eigenvalue weighted by atomic mass is 16.4. The third kappa shape index (κ3) is 2.06. The van der Waals surface area contributed by atoms with Crippen molar-refractivity contribution >= 4 is 5.97 Å². The van der Waals surface area contributed by atoms with Crippen molar-refractivity contribution in [3.05, 3.63) is 48.0 Å². The van der Waals surface area contributed by atoms with E-state index in [9.17, 15) is 4.79 Å². The molecule has 1 heterocycles. The predicted molar refractivity (Wildman–Crippen MR) is 59.2 cm³/mol. The number of carboxylic acids is 1. The van der Waals surface area contributed by atoms with Crippen molar-refractivity contribution in [3.63, 3.8) is 0 Å². The summed E-state index contributed by atoms with van der Waals surface area (Å²) in [7, 11) is 0. The zero-order chi connectivity index (χ0) is 11.5. The monoisotopic (exact) mass is 214 g/mol. The summed E-state index contributed by atoms with van der Waals surface area (Å²) in [5.74, 6) is -0.243. The van der Waals surface area contributed by atoms with Gasteiger partial charge in [-0.15, -0.1) is 0 Å². The summed E-state index contributed by atoms with van der Waals surface area (Å²) in [4.78, 5) is 19.0. The Balaban J connectivity index is 2.44. The molecule has 0 aliphatic carbocycles. The summed E-state index contributed by atoms with van der Waals surface area (Å²) in [5, 5.41) is 8.87. The van der Waals surface area contributed by atoms with Gasteiger partial charge >= 0.3 is 5.97 Å². The first-order chi connectivity index (χ1) is 7.66. The fraction of sp³-hybridized carbons (Fsp3) is 0.0833. The zero-order valence-corrected chi connectivity index (χ0v) is 8.71. The number of aromatic nitrogens is 2. The molecular weight excluding hydrogens is 204 g/mol. The third-order valence-electron chi connectivity index (χ3n) is 2.22. The minimum absolute atomic E-state index is 0.262. The third-order valence-corrected chi connectivity index (χ3v) is 2.22. The average molecular weight is 214 g/mol. The van der Waals surface area contributed by atoms with E-state index in [1.54, 1.807) is 37.5 Å². The highest BCUT2D eigenvalue weighted by Crippen LogP contribution is 2.18. The van der Waals surface area contributed by atoms with Crippen LogP contribution in [0.5, 0.6) is 0 Å². The molecule has 16 heavy (non-hydrogen) atoms. The lowest BCUT2D eigenvalue weighted by Gasteiger charge is -2.02. The van der Waals surface area contributed by atoms with E-state index in [-0.39, 0.29) is 5.56 Å². The van der Waals surface area contributed by atoms with Gasteiger partial charge < -0.3 is 5.11 Å². The molecule has 0 saturated carbocycles. The van der Waals surface area contributed by atoms with E-state index < -0.39 is 5.97 Å². The first-order valence-electron chi connectivity index (χ1n) is 4.79. The van der Waals surface area contributed by atoms with Crippen LogP contribution in [-0.2, 0) is 0 Å². The van der Waals surface area contributed by atoms with Crippen LogP contribution in [0.1, 0.15) is 16.2 Å². The minimum atomic E-state index is -0.935. The van der Waals surface area contributed by atoms with Crippen molar-refractivity contribution in [1.29, 1.82) is 0 Å². The Bertz CT molecular complexity index is 521. The summed E-state index contributed by atoms with van der Waals surface area (Å²) < 4.78 is 0. The molecular formula is C12H10N2O2. The molecule has 4 nitrogen and oxygen atoms in total. The number of carbonyl (C=O) groups is 1. The van der Waals surface area contributed by atoms with Gasteiger partial charge in [-0.25, -0.2) is 14.8 Å². The van der Waals surface area contributed by atoms with E-state index in [2.05, 4.69) is 9.97 Å². The number of rotatable bonds is 2. The van der Waals surface area contributed by atoms with Gasteiger partial charge in [0.15, 0.2) is 0 Å². The molecule has 4 heteroatoms. The minimum Gasteiger partial charge on any atom is -0.478 e. The number of hydrogen-bond acceptors (Lipinski definition) is 3. The van der Waals surface area contributed by atoms with Crippen molar-refractivity contribution in [3.8, 4) is 11.1 Å². The number of hydrogen-bond donors (Lipinski definition) is 1. The highest BCUT2D eigenvalue weighted by Gasteiger charge is 2.04. The van der Waals surface area contributed by atoms with Gasteiger partial charge in [0.2, 0.25) is 0 Å². The number of benzene rings is 1. The molecule has 0 fully saturated rings. The van der Waals surface area contributed by atoms with E-state index in [0.29, 0.717) is 5.82 Å². The number of nitrogens with zero attached hydrogens (tertiary/aromatic N) is 2. The Morgan fingerprint density at radius 1 is 1.19 bits per heavy atom. The first-order valence-corrected chi connectivity index (χ1v) is 4.79. The zero-order valence-electron chi connectivity index (χ0n) is 8.71. The molecule has 0 spiro atoms. The van der Waals surface area contributed by atoms with Gasteiger partial charge in [-0.3, -0.25) is 0 Å². The summed E-state index contributed by atoms with van der Waals surface area (Å²) in [6.07, 6.45) is 3.37. The van der Waals surface area contributed by atoms with Crippen molar-refractivity contribution < 1.29 is 9.90 Å². The molecule has 2 aromatic rings. The maximum atomic E-state index is 10.8. The molecule has 0 aliphatic rings. The SMILES string of the molecule is Cc1ncc(-c2cccc(C(=O)O)c2)cn1. The molecule has 0 atom stereocenters. The maximum Gasteiger partial charge on any atom is 0.335 e. The predicted octanol–water partition coefficient (Wildman–Crippen LogP) is 2.15. The molecule has 0 saturated heterocycles. The maximum absolute atomic E-state index is 10.8. The lowest BCUT2D eigenvalue weighted by Crippen LogP contribution is -1.96. The molecule has 1 N–H and O–H groups in total. The van der Waals surface area contributed by atoms with E-state index in [4.69, 9.17) is 5.11 Å². The fourth-order valence-electron chi connectivity index (χ4n) is 1.37. The van der Waals surface area contributed by atoms with Gasteiger partial charge in [-0.1, -0.05) is 12.1 Å². The van der Waals surface area contributed by atoms with Gasteiger partial charge in [0.1, 0.15) is 5.82 Å². The van der Waals surface area contributed by atoms with Crippen LogP contribution in [0.15, 0.2) is 36.7 Å². The van der Waals surface area contributed by atoms with Gasteiger partial charge in [0.05, 0.1) is 5.56 Å². The van der Waals surface area contributed by atoms with Crippen molar-refractivity contribution in [2.24, 2.45) is 0 Å². The van der Waals surface area contributed by atoms with Crippen molar-refractivity contribution in [1.82, 2.24) is 9.97 Å². The van der Waals surface area contributed by atoms with E-state index in [1.807, 2.05) is 6.07 Å². The number of carboxylic acid groups (broad SMARTS) is 1. The molecule has 80 valence electrons. The second-order valence-corrected chi connectivity index (χ2v) is 3.40. The van der Waals surface area contributed by atoms with Gasteiger partial charge in [0.25, 0.3) is 0 Å². The van der Waals surface area contributed by atoms with Gasteiger partial charge in [-0.05, 0) is 24.6 Å². The van der Waals surface area contributed by atoms with Crippen molar-refractivity contribution in [2.75, 3.05) is 0 Å². The van der Waals surface area contributed by atoms with E-state index in [0.717, 1.165) is 11.1 Å². The summed E-state index contributed by atoms with van der Waals surface area (Å²) in [6, 6.07) is 6.70. The standard InChI is InChI=1S/C12H10N2O2/c1-8-13-6-11(7-14-8)9-3-2-4-10(5-9)12(15)16/h2-7H,1H3,(H,15,16). The topological polar surface area (TPSA) is 63.1 Å². The average Bonchev–Trinajstić information content (AvgIpc) is 2.30. The van der Waals surface area contributed by atoms with Crippen LogP contribution in [-0.4, -0.2) is 21.0 Å². The molecule has 0 aliphatic heterocycles. The van der Waals surface area contributed by atoms with Gasteiger partial charge in [0, 0.05) is 18.0 Å². The Hall–Kier alpha value is -2.23. The Kier molecular flexibility index (Phi) is 2.64. The first kappa shape index (κ1) is 10.3. The van der Waals surface area contributed by atoms with Gasteiger partial charge in [-0.2, -0.15) is 0 Å². The molecule has 0 amide bonds. The van der Waals surface area contributed by atoms with Crippen LogP contribution in [0, 0.1) is 6.92 Å². The van der Waals surface area contributed by atoms with E-state index >= 15 is 0 Å². The van der Waals surface area contributed by atoms with Crippen LogP contribution in [0.2, 0.25) is 0 Å². The number of aryl methyl sites for hydroxylation is 1. The molecule has 0 bridgehead atoms. The van der Waals surface area contributed by atoms with Crippen LogP contribution >= 0.6 is 0 Å². The summed E-state index contributed by atoms with van der Waals surface area (Å²) in [6.45, 7) is 1.80. The summed E-state index contributed by atoms with van der Waals surface area (Å²) >= 11 is 0. The molecule has 1 aromatic heterocycles. The lowest BCUT2D eigenvalue weighted by molar-refractivity contribution is 0.0697. The second kappa shape index (κ2) is 4.10. The van der Waals surface area contributed by atoms with Crippen LogP contribution in [0.25, 0.3) is 11.1 Å². The normalized spacial score (nSPS) is 10.1. The molecule has 0 unspecified atom stereocenters. The molecule has 2 rings (SSSR count). The highest BCUT2D eigenvalue weighted by molar-refractivity contribution is 5.89. The fourth-order valence-corrected chi connectivity index (χ4v) is 1.37. The molecule has 0 radical (unpaired) electrons. The lowest BCUT2D eigenvalue weighted by atomic mass is 10.1. The Labute approximate surface area is 92.6 Å². The van der Waals surface area contributed by atoms with Crippen LogP contribution < -0.4 is 0 Å². The number of aromatic carboxylic acids is 1. The summed E-state index contributed by atoms with van der Waals surface area (Å²) in [5.41, 5.74) is 1.88. The smallest absolute Gasteiger partial charge is 0.335 e. The Morgan fingerprint density at radius 3 is 2.50 bits per heavy atom. The largest absolute Gasteiger partial charge is 0.478 e. The Morgan fingerprint density at radius 2 is 1.88 bits per heavy atom. The van der Waals surface area contributed by atoms with Crippen LogP contribution in [0.3, 0.4) is 0 Å². The van der Waals surface area contributed by atoms with Crippen LogP contribution in [0.4, 0.5) is 0 Å². The van der Waals surface area contributed by atoms with Crippen molar-refractivity contribution in [2.45, 2.75) is 6.92 Å². The quantitative estimate of drug-likeness (QED) is 0.831. The van der Waals surface area contributed by atoms with E-state index in [1.165, 1.54) is 0 Å².